The molecule has 0 amide bonds. The van der Waals surface area contributed by atoms with E-state index < -0.39 is 20.9 Å². The van der Waals surface area contributed by atoms with Crippen molar-refractivity contribution in [3.05, 3.63) is 32.8 Å². The summed E-state index contributed by atoms with van der Waals surface area (Å²) in [6, 6.07) is 8.05. The van der Waals surface area contributed by atoms with Gasteiger partial charge < -0.3 is 0 Å². The van der Waals surface area contributed by atoms with E-state index >= 15 is 0 Å². The molecule has 0 atom stereocenters. The molecule has 3 heteroatoms. The summed E-state index contributed by atoms with van der Waals surface area (Å²) >= 11 is -0.404. The van der Waals surface area contributed by atoms with Crippen LogP contribution >= 0.6 is 0 Å². The van der Waals surface area contributed by atoms with Gasteiger partial charge in [0.15, 0.2) is 0 Å². The zero-order valence-corrected chi connectivity index (χ0v) is 6.90. The summed E-state index contributed by atoms with van der Waals surface area (Å²) in [7, 11) is 0. The van der Waals surface area contributed by atoms with Gasteiger partial charge in [0.05, 0.1) is 0 Å². The predicted molar refractivity (Wildman–Crippen MR) is 33.3 cm³/mol. The number of fused-ring (bicyclic) bond motifs is 1. The summed E-state index contributed by atoms with van der Waals surface area (Å²) < 4.78 is 6.28. The van der Waals surface area contributed by atoms with E-state index in [0.29, 0.717) is 0 Å². The number of nitrogens with zero attached hydrogens (tertiary/aromatic N) is 1. The molecule has 1 aromatic carbocycles. The second-order valence-corrected chi connectivity index (χ2v) is 3.87. The van der Waals surface area contributed by atoms with E-state index in [9.17, 15) is 0 Å². The molecule has 0 fully saturated rings. The molecule has 0 unspecified atom stereocenters. The first-order valence-corrected chi connectivity index (χ1v) is 4.72. The Morgan fingerprint density at radius 1 is 1.33 bits per heavy atom. The number of benzene rings is 1. The Bertz CT molecular complexity index is 300. The van der Waals surface area contributed by atoms with Crippen molar-refractivity contribution < 1.29 is 3.20 Å². The molecule has 0 N–H and O–H groups in total. The second kappa shape index (κ2) is 2.09. The van der Waals surface area contributed by atoms with Crippen LogP contribution in [-0.2, 0) is 3.20 Å². The Hall–Kier alpha value is -0.390. The van der Waals surface area contributed by atoms with Gasteiger partial charge in [-0.3, -0.25) is 0 Å². The van der Waals surface area contributed by atoms with Crippen molar-refractivity contribution in [2.75, 3.05) is 0 Å². The van der Waals surface area contributed by atoms with Gasteiger partial charge in [-0.1, -0.05) is 0 Å². The van der Waals surface area contributed by atoms with Gasteiger partial charge in [-0.15, -0.1) is 0 Å². The summed E-state index contributed by atoms with van der Waals surface area (Å²) in [6.07, 6.45) is 0. The third-order valence-corrected chi connectivity index (χ3v) is 3.05. The van der Waals surface area contributed by atoms with Gasteiger partial charge in [0, 0.05) is 0 Å². The Morgan fingerprint density at radius 3 is 3.11 bits per heavy atom. The number of rotatable bonds is 0. The Morgan fingerprint density at radius 2 is 2.22 bits per heavy atom. The predicted octanol–water partition coefficient (Wildman–Crippen LogP) is 0.121. The van der Waals surface area contributed by atoms with Gasteiger partial charge in [-0.25, -0.2) is 0 Å². The van der Waals surface area contributed by atoms with Crippen LogP contribution in [0.25, 0.3) is 0 Å². The fourth-order valence-electron chi connectivity index (χ4n) is 0.702. The molecule has 0 saturated heterocycles. The molecule has 2 rings (SSSR count). The number of hydrogen-bond donors (Lipinski definition) is 0. The normalized spacial score (nSPS) is 12.9. The molecule has 9 heavy (non-hydrogen) atoms. The summed E-state index contributed by atoms with van der Waals surface area (Å²) in [5, 5.41) is 4.88. The van der Waals surface area contributed by atoms with Crippen molar-refractivity contribution in [2.45, 2.75) is 0 Å². The fourth-order valence-corrected chi connectivity index (χ4v) is 2.19. The quantitative estimate of drug-likeness (QED) is 0.584. The van der Waals surface area contributed by atoms with E-state index in [0.717, 1.165) is 5.36 Å². The van der Waals surface area contributed by atoms with Crippen LogP contribution in [0, 0.1) is 3.20 Å². The van der Waals surface area contributed by atoms with E-state index in [2.05, 4.69) is 11.2 Å². The molecule has 2 nitrogen and oxygen atoms in total. The van der Waals surface area contributed by atoms with Crippen molar-refractivity contribution in [3.8, 4) is 0 Å². The molecule has 0 spiro atoms. The van der Waals surface area contributed by atoms with Crippen LogP contribution in [0.3, 0.4) is 0 Å². The molecule has 0 aliphatic carbocycles. The van der Waals surface area contributed by atoms with Crippen molar-refractivity contribution in [2.24, 2.45) is 5.16 Å². The van der Waals surface area contributed by atoms with E-state index in [-0.39, 0.29) is 0 Å². The molecule has 1 radical (unpaired) electrons. The maximum atomic E-state index is 4.97. The monoisotopic (exact) mass is 236 g/mol. The molecule has 0 aromatic heterocycles. The summed E-state index contributed by atoms with van der Waals surface area (Å²) in [4.78, 5) is 0. The SMILES string of the molecule is c1ccc2c(c1)=NO[Te]=2. The van der Waals surface area contributed by atoms with Gasteiger partial charge in [-0.05, 0) is 0 Å². The third-order valence-electron chi connectivity index (χ3n) is 1.13. The van der Waals surface area contributed by atoms with Crippen molar-refractivity contribution in [1.82, 2.24) is 0 Å². The van der Waals surface area contributed by atoms with Gasteiger partial charge >= 0.3 is 62.0 Å². The first kappa shape index (κ1) is 5.40. The summed E-state index contributed by atoms with van der Waals surface area (Å²) in [5.41, 5.74) is 0. The van der Waals surface area contributed by atoms with Crippen LogP contribution in [0.5, 0.6) is 0 Å². The molecule has 1 aromatic rings. The molecule has 1 aliphatic heterocycles. The van der Waals surface area contributed by atoms with Crippen LogP contribution in [-0.4, -0.2) is 20.9 Å². The van der Waals surface area contributed by atoms with Crippen molar-refractivity contribution >= 4 is 20.9 Å². The molecular formula is C6H4NOTe. The third kappa shape index (κ3) is 0.868. The Balaban J connectivity index is 2.97. The average Bonchev–Trinajstić information content (AvgIpc) is 2.33. The van der Waals surface area contributed by atoms with Crippen LogP contribution in [0.4, 0.5) is 0 Å². The maximum absolute atomic E-state index is 4.97. The summed E-state index contributed by atoms with van der Waals surface area (Å²) in [5.74, 6) is 0. The van der Waals surface area contributed by atoms with Crippen LogP contribution in [0.1, 0.15) is 0 Å². The molecular weight excluding hydrogens is 230 g/mol. The molecule has 0 saturated carbocycles. The van der Waals surface area contributed by atoms with Crippen LogP contribution in [0.2, 0.25) is 0 Å². The molecule has 0 bridgehead atoms. The van der Waals surface area contributed by atoms with Gasteiger partial charge in [0.2, 0.25) is 0 Å². The fraction of sp³-hybridized carbons (Fsp3) is 0. The topological polar surface area (TPSA) is 21.6 Å². The van der Waals surface area contributed by atoms with Crippen LogP contribution in [0.15, 0.2) is 29.4 Å². The minimum absolute atomic E-state index is 0.404. The van der Waals surface area contributed by atoms with Gasteiger partial charge in [0.1, 0.15) is 0 Å². The van der Waals surface area contributed by atoms with E-state index in [1.165, 1.54) is 3.20 Å². The van der Waals surface area contributed by atoms with Gasteiger partial charge in [0.25, 0.3) is 0 Å². The number of hydrogen-bond acceptors (Lipinski definition) is 2. The van der Waals surface area contributed by atoms with Gasteiger partial charge in [-0.2, -0.15) is 0 Å². The minimum atomic E-state index is -0.404. The zero-order valence-electron chi connectivity index (χ0n) is 4.57. The Kier molecular flexibility index (Phi) is 1.25. The van der Waals surface area contributed by atoms with Crippen LogP contribution < -0.4 is 5.36 Å². The van der Waals surface area contributed by atoms with Crippen molar-refractivity contribution in [3.63, 3.8) is 0 Å². The summed E-state index contributed by atoms with van der Waals surface area (Å²) in [6.45, 7) is 0. The zero-order chi connectivity index (χ0) is 6.10. The van der Waals surface area contributed by atoms with Crippen molar-refractivity contribution in [1.29, 1.82) is 0 Å². The molecule has 45 valence electrons. The molecule has 1 heterocycles. The van der Waals surface area contributed by atoms with E-state index in [4.69, 9.17) is 3.20 Å². The van der Waals surface area contributed by atoms with E-state index in [1.807, 2.05) is 18.2 Å². The van der Waals surface area contributed by atoms with E-state index in [1.54, 1.807) is 0 Å². The average molecular weight is 234 g/mol. The first-order chi connectivity index (χ1) is 4.47. The first-order valence-electron chi connectivity index (χ1n) is 2.60. The molecule has 1 aliphatic rings. The second-order valence-electron chi connectivity index (χ2n) is 1.72. The Labute approximate surface area is 62.2 Å². The standard InChI is InChI=1S/C6H4NOTe/c1-2-4-6-5(3-1)7-8-9-6/h1-4H.